The molecule has 3 aromatic heterocycles. The van der Waals surface area contributed by atoms with E-state index in [1.807, 2.05) is 14.1 Å². The minimum atomic E-state index is -0.359. The molecule has 0 saturated carbocycles. The first kappa shape index (κ1) is 32.5. The van der Waals surface area contributed by atoms with Gasteiger partial charge in [-0.05, 0) is 45.3 Å². The molecule has 3 aromatic rings. The van der Waals surface area contributed by atoms with Crippen molar-refractivity contribution in [1.82, 2.24) is 24.8 Å². The summed E-state index contributed by atoms with van der Waals surface area (Å²) in [6.07, 6.45) is 5.70. The summed E-state index contributed by atoms with van der Waals surface area (Å²) >= 11 is 5.58. The molecule has 0 radical (unpaired) electrons. The minimum Gasteiger partial charge on any atom is -0.355 e. The van der Waals surface area contributed by atoms with E-state index in [2.05, 4.69) is 25.2 Å². The van der Waals surface area contributed by atoms with Crippen molar-refractivity contribution >= 4 is 64.7 Å². The number of amides is 4. The van der Waals surface area contributed by atoms with Gasteiger partial charge in [-0.15, -0.1) is 24.0 Å². The molecule has 40 heavy (non-hydrogen) atoms. The van der Waals surface area contributed by atoms with Crippen LogP contribution in [0.1, 0.15) is 44.3 Å². The summed E-state index contributed by atoms with van der Waals surface area (Å²) < 4.78 is 0. The predicted octanol–water partition coefficient (Wildman–Crippen LogP) is 3.24. The Morgan fingerprint density at radius 3 is 1.77 bits per heavy atom. The van der Waals surface area contributed by atoms with Crippen LogP contribution in [0.2, 0.25) is 0 Å². The second-order valence-corrected chi connectivity index (χ2v) is 9.82. The fraction of sp³-hybridized carbons (Fsp3) is 0.385. The van der Waals surface area contributed by atoms with E-state index in [1.54, 1.807) is 50.6 Å². The van der Waals surface area contributed by atoms with E-state index < -0.39 is 0 Å². The fourth-order valence-electron chi connectivity index (χ4n) is 3.83. The summed E-state index contributed by atoms with van der Waals surface area (Å²) in [6.45, 7) is 1.49. The van der Waals surface area contributed by atoms with Crippen molar-refractivity contribution in [2.45, 2.75) is 12.8 Å². The minimum absolute atomic E-state index is 0. The fourth-order valence-corrected chi connectivity index (χ4v) is 4.00. The van der Waals surface area contributed by atoms with Crippen molar-refractivity contribution in [1.29, 1.82) is 0 Å². The van der Waals surface area contributed by atoms with E-state index in [1.165, 1.54) is 22.1 Å². The predicted molar refractivity (Wildman–Crippen MR) is 159 cm³/mol. The highest BCUT2D eigenvalue weighted by atomic mass is 35.5. The molecule has 0 aliphatic carbocycles. The summed E-state index contributed by atoms with van der Waals surface area (Å²) in [5, 5.41) is 2.66. The van der Waals surface area contributed by atoms with Crippen LogP contribution in [-0.4, -0.2) is 103 Å². The summed E-state index contributed by atoms with van der Waals surface area (Å²) in [6, 6.07) is 4.74. The molecule has 0 unspecified atom stereocenters. The van der Waals surface area contributed by atoms with Gasteiger partial charge >= 0.3 is 0 Å². The van der Waals surface area contributed by atoms with Gasteiger partial charge in [-0.25, -0.2) is 0 Å². The van der Waals surface area contributed by atoms with Crippen molar-refractivity contribution in [3.05, 3.63) is 53.9 Å². The van der Waals surface area contributed by atoms with Crippen LogP contribution < -0.4 is 15.1 Å². The number of aromatic amines is 3. The molecule has 4 amide bonds. The van der Waals surface area contributed by atoms with E-state index in [9.17, 15) is 19.2 Å². The Labute approximate surface area is 244 Å². The van der Waals surface area contributed by atoms with Gasteiger partial charge in [-0.1, -0.05) is 0 Å². The van der Waals surface area contributed by atoms with Gasteiger partial charge in [-0.2, -0.15) is 0 Å². The Kier molecular flexibility index (Phi) is 11.8. The number of carbonyl (C=O) groups is 4. The highest BCUT2D eigenvalue weighted by Gasteiger charge is 2.22. The maximum atomic E-state index is 13.1. The van der Waals surface area contributed by atoms with Gasteiger partial charge in [0.25, 0.3) is 17.7 Å². The van der Waals surface area contributed by atoms with Crippen LogP contribution in [0.25, 0.3) is 0 Å². The standard InChI is InChI=1S/C26H35ClN8O4.ClH/c1-32(2)9-6-10-33(3)24(37)21-12-18(15-29-21)35(5)26(39)22-13-19(16-30-22)34(4)25(38)20-11-17(14-28-20)31-23(36)7-8-27;/h11-16,28-30H,6-10H2,1-5H3,(H,31,36);1H. The average Bonchev–Trinajstić information content (AvgIpc) is 3.67. The molecule has 14 heteroatoms. The van der Waals surface area contributed by atoms with Gasteiger partial charge in [0.05, 0.1) is 17.1 Å². The van der Waals surface area contributed by atoms with Crippen LogP contribution in [0.15, 0.2) is 36.8 Å². The topological polar surface area (TPSA) is 141 Å². The van der Waals surface area contributed by atoms with Crippen molar-refractivity contribution < 1.29 is 19.2 Å². The summed E-state index contributed by atoms with van der Waals surface area (Å²) in [7, 11) is 8.90. The number of alkyl halides is 1. The number of nitrogens with zero attached hydrogens (tertiary/aromatic N) is 4. The van der Waals surface area contributed by atoms with Gasteiger partial charge in [0, 0.05) is 58.6 Å². The highest BCUT2D eigenvalue weighted by Crippen LogP contribution is 2.22. The van der Waals surface area contributed by atoms with Crippen molar-refractivity contribution in [3.63, 3.8) is 0 Å². The quantitative estimate of drug-likeness (QED) is 0.238. The number of hydrogen-bond donors (Lipinski definition) is 4. The van der Waals surface area contributed by atoms with Crippen molar-refractivity contribution in [3.8, 4) is 0 Å². The van der Waals surface area contributed by atoms with E-state index in [0.29, 0.717) is 29.3 Å². The molecule has 218 valence electrons. The Morgan fingerprint density at radius 2 is 1.25 bits per heavy atom. The number of nitrogens with one attached hydrogen (secondary N) is 4. The van der Waals surface area contributed by atoms with E-state index >= 15 is 0 Å². The average molecular weight is 596 g/mol. The monoisotopic (exact) mass is 594 g/mol. The van der Waals surface area contributed by atoms with E-state index in [-0.39, 0.29) is 59.7 Å². The first-order valence-corrected chi connectivity index (χ1v) is 12.9. The van der Waals surface area contributed by atoms with Gasteiger partial charge in [-0.3, -0.25) is 19.2 Å². The lowest BCUT2D eigenvalue weighted by atomic mass is 10.3. The summed E-state index contributed by atoms with van der Waals surface area (Å²) in [5.41, 5.74) is 2.38. The van der Waals surface area contributed by atoms with Gasteiger partial charge < -0.3 is 39.9 Å². The molecule has 4 N–H and O–H groups in total. The molecule has 3 heterocycles. The first-order valence-electron chi connectivity index (χ1n) is 12.4. The number of carbonyl (C=O) groups excluding carboxylic acids is 4. The third kappa shape index (κ3) is 8.13. The van der Waals surface area contributed by atoms with Crippen LogP contribution in [0.3, 0.4) is 0 Å². The zero-order valence-corrected chi connectivity index (χ0v) is 24.8. The lowest BCUT2D eigenvalue weighted by Crippen LogP contribution is -2.30. The van der Waals surface area contributed by atoms with Crippen LogP contribution in [-0.2, 0) is 4.79 Å². The van der Waals surface area contributed by atoms with Crippen molar-refractivity contribution in [2.24, 2.45) is 0 Å². The molecule has 3 rings (SSSR count). The highest BCUT2D eigenvalue weighted by molar-refractivity contribution is 6.19. The zero-order valence-electron chi connectivity index (χ0n) is 23.2. The number of hydrogen-bond acceptors (Lipinski definition) is 5. The molecule has 0 aromatic carbocycles. The maximum absolute atomic E-state index is 13.1. The molecule has 0 bridgehead atoms. The van der Waals surface area contributed by atoms with Crippen LogP contribution >= 0.6 is 24.0 Å². The van der Waals surface area contributed by atoms with Crippen LogP contribution in [0.4, 0.5) is 17.1 Å². The van der Waals surface area contributed by atoms with Gasteiger partial charge in [0.2, 0.25) is 5.91 Å². The van der Waals surface area contributed by atoms with E-state index in [0.717, 1.165) is 13.0 Å². The molecular formula is C26H36Cl2N8O4. The number of H-pyrrole nitrogens is 3. The SMILES string of the molecule is CN(C)CCCN(C)C(=O)c1cc(N(C)C(=O)c2cc(N(C)C(=O)c3cc(NC(=O)CCCl)c[nH]3)c[nH]2)c[nH]1.Cl. The van der Waals surface area contributed by atoms with Crippen LogP contribution in [0, 0.1) is 0 Å². The van der Waals surface area contributed by atoms with Crippen LogP contribution in [0.5, 0.6) is 0 Å². The molecule has 0 aliphatic heterocycles. The number of aromatic nitrogens is 3. The molecule has 0 atom stereocenters. The Hall–Kier alpha value is -3.74. The summed E-state index contributed by atoms with van der Waals surface area (Å²) in [5.74, 6) is -0.910. The summed E-state index contributed by atoms with van der Waals surface area (Å²) in [4.78, 5) is 65.7. The number of anilines is 3. The number of halogens is 2. The molecular weight excluding hydrogens is 559 g/mol. The third-order valence-electron chi connectivity index (χ3n) is 6.14. The van der Waals surface area contributed by atoms with E-state index in [4.69, 9.17) is 11.6 Å². The first-order chi connectivity index (χ1) is 18.5. The largest absolute Gasteiger partial charge is 0.355 e. The molecule has 0 spiro atoms. The zero-order chi connectivity index (χ0) is 28.7. The lowest BCUT2D eigenvalue weighted by molar-refractivity contribution is -0.115. The normalized spacial score (nSPS) is 10.7. The van der Waals surface area contributed by atoms with Gasteiger partial charge in [0.15, 0.2) is 0 Å². The van der Waals surface area contributed by atoms with Gasteiger partial charge in [0.1, 0.15) is 17.1 Å². The second kappa shape index (κ2) is 14.6. The Bertz CT molecular complexity index is 1320. The lowest BCUT2D eigenvalue weighted by Gasteiger charge is -2.18. The molecule has 0 aliphatic rings. The number of rotatable bonds is 12. The smallest absolute Gasteiger partial charge is 0.274 e. The Balaban J connectivity index is 0.00000560. The Morgan fingerprint density at radius 1 is 0.750 bits per heavy atom. The molecule has 12 nitrogen and oxygen atoms in total. The van der Waals surface area contributed by atoms with Crippen molar-refractivity contribution in [2.75, 3.05) is 69.3 Å². The second-order valence-electron chi connectivity index (χ2n) is 9.44. The maximum Gasteiger partial charge on any atom is 0.274 e. The molecule has 0 fully saturated rings. The molecule has 0 saturated heterocycles. The third-order valence-corrected chi connectivity index (χ3v) is 6.33.